The highest BCUT2D eigenvalue weighted by atomic mass is 79.9. The van der Waals surface area contributed by atoms with Gasteiger partial charge in [0.15, 0.2) is 0 Å². The van der Waals surface area contributed by atoms with Crippen LogP contribution in [-0.4, -0.2) is 16.7 Å². The Labute approximate surface area is 256 Å². The van der Waals surface area contributed by atoms with Gasteiger partial charge in [-0.3, -0.25) is 0 Å². The molecule has 0 bridgehead atoms. The quantitative estimate of drug-likeness (QED) is 0.160. The Balaban J connectivity index is 1.65. The van der Waals surface area contributed by atoms with Gasteiger partial charge in [-0.1, -0.05) is 121 Å². The van der Waals surface area contributed by atoms with E-state index in [2.05, 4.69) is 162 Å². The van der Waals surface area contributed by atoms with Crippen LogP contribution in [0.15, 0.2) is 144 Å². The molecule has 1 atom stereocenters. The summed E-state index contributed by atoms with van der Waals surface area (Å²) >= 11 is 3.73. The second-order valence-corrected chi connectivity index (χ2v) is 11.5. The van der Waals surface area contributed by atoms with Gasteiger partial charge in [-0.05, 0) is 69.2 Å². The number of methoxy groups -OCH3 is 1. The predicted molar refractivity (Wildman–Crippen MR) is 174 cm³/mol. The van der Waals surface area contributed by atoms with E-state index in [-0.39, 0.29) is 5.92 Å². The standard InChI is InChI=1S/C38H33BrN2O/c1-27-15-13-22-32(28(27)2)36(33-23-14-24-34(39)37(33)42-3)35-25-41(26-40-35)38(29-16-7-4-8-17-29,30-18-9-5-10-19-30)31-20-11-6-12-21-31/h4-26,36H,1-3H3. The molecule has 3 nitrogen and oxygen atoms in total. The highest BCUT2D eigenvalue weighted by Crippen LogP contribution is 2.44. The van der Waals surface area contributed by atoms with Gasteiger partial charge >= 0.3 is 0 Å². The van der Waals surface area contributed by atoms with Gasteiger partial charge in [0.2, 0.25) is 0 Å². The van der Waals surface area contributed by atoms with E-state index in [1.165, 1.54) is 16.7 Å². The van der Waals surface area contributed by atoms with Gasteiger partial charge < -0.3 is 9.30 Å². The summed E-state index contributed by atoms with van der Waals surface area (Å²) < 4.78 is 9.17. The number of hydrogen-bond acceptors (Lipinski definition) is 2. The maximum atomic E-state index is 5.97. The number of nitrogens with zero attached hydrogens (tertiary/aromatic N) is 2. The summed E-state index contributed by atoms with van der Waals surface area (Å²) in [6, 6.07) is 44.9. The Morgan fingerprint density at radius 2 is 1.19 bits per heavy atom. The highest BCUT2D eigenvalue weighted by molar-refractivity contribution is 9.10. The Morgan fingerprint density at radius 3 is 1.74 bits per heavy atom. The Hall–Kier alpha value is -4.41. The molecule has 0 saturated carbocycles. The van der Waals surface area contributed by atoms with Crippen molar-refractivity contribution in [2.45, 2.75) is 25.3 Å². The van der Waals surface area contributed by atoms with Crippen molar-refractivity contribution in [1.82, 2.24) is 9.55 Å². The first-order valence-electron chi connectivity index (χ1n) is 14.1. The second kappa shape index (κ2) is 11.8. The van der Waals surface area contributed by atoms with Crippen molar-refractivity contribution in [2.24, 2.45) is 0 Å². The number of aryl methyl sites for hydroxylation is 1. The van der Waals surface area contributed by atoms with Crippen LogP contribution < -0.4 is 4.74 Å². The molecule has 5 aromatic carbocycles. The molecule has 208 valence electrons. The molecule has 6 rings (SSSR count). The summed E-state index contributed by atoms with van der Waals surface area (Å²) in [7, 11) is 1.73. The molecule has 0 aliphatic rings. The maximum absolute atomic E-state index is 5.97. The maximum Gasteiger partial charge on any atom is 0.137 e. The fourth-order valence-electron chi connectivity index (χ4n) is 6.20. The largest absolute Gasteiger partial charge is 0.495 e. The molecule has 42 heavy (non-hydrogen) atoms. The summed E-state index contributed by atoms with van der Waals surface area (Å²) in [5.74, 6) is 0.678. The molecule has 0 N–H and O–H groups in total. The number of halogens is 1. The van der Waals surface area contributed by atoms with Crippen LogP contribution in [0.4, 0.5) is 0 Å². The molecule has 6 aromatic rings. The van der Waals surface area contributed by atoms with Crippen molar-refractivity contribution < 1.29 is 4.74 Å². The summed E-state index contributed by atoms with van der Waals surface area (Å²) in [6.07, 6.45) is 4.21. The van der Waals surface area contributed by atoms with Crippen molar-refractivity contribution in [3.63, 3.8) is 0 Å². The van der Waals surface area contributed by atoms with Crippen LogP contribution in [0.2, 0.25) is 0 Å². The fourth-order valence-corrected chi connectivity index (χ4v) is 6.74. The minimum atomic E-state index is -0.636. The number of benzene rings is 5. The smallest absolute Gasteiger partial charge is 0.137 e. The lowest BCUT2D eigenvalue weighted by molar-refractivity contribution is 0.406. The third kappa shape index (κ3) is 4.76. The number of rotatable bonds is 8. The predicted octanol–water partition coefficient (Wildman–Crippen LogP) is 9.29. The minimum absolute atomic E-state index is 0.140. The molecule has 1 unspecified atom stereocenters. The molecular formula is C38H33BrN2O. The van der Waals surface area contributed by atoms with Crippen molar-refractivity contribution in [3.8, 4) is 5.75 Å². The molecule has 0 fully saturated rings. The molecule has 4 heteroatoms. The first-order valence-corrected chi connectivity index (χ1v) is 14.9. The molecule has 0 spiro atoms. The number of para-hydroxylation sites is 1. The molecule has 0 aliphatic heterocycles. The number of hydrogen-bond donors (Lipinski definition) is 0. The van der Waals surface area contributed by atoms with Gasteiger partial charge in [-0.15, -0.1) is 0 Å². The van der Waals surface area contributed by atoms with Gasteiger partial charge in [0, 0.05) is 11.8 Å². The molecular weight excluding hydrogens is 580 g/mol. The Bertz CT molecular complexity index is 1700. The Morgan fingerprint density at radius 1 is 0.667 bits per heavy atom. The van der Waals surface area contributed by atoms with Crippen molar-refractivity contribution in [3.05, 3.63) is 189 Å². The SMILES string of the molecule is COc1c(Br)cccc1C(c1cn(C(c2ccccc2)(c2ccccc2)c2ccccc2)cn1)c1cccc(C)c1C. The highest BCUT2D eigenvalue weighted by Gasteiger charge is 2.39. The van der Waals surface area contributed by atoms with E-state index in [1.807, 2.05) is 12.4 Å². The minimum Gasteiger partial charge on any atom is -0.495 e. The molecule has 0 amide bonds. The first kappa shape index (κ1) is 27.7. The number of aromatic nitrogens is 2. The van der Waals surface area contributed by atoms with E-state index in [1.54, 1.807) is 7.11 Å². The van der Waals surface area contributed by atoms with Gasteiger partial charge in [0.1, 0.15) is 11.3 Å². The van der Waals surface area contributed by atoms with Crippen LogP contribution in [0.1, 0.15) is 50.6 Å². The topological polar surface area (TPSA) is 27.1 Å². The van der Waals surface area contributed by atoms with E-state index in [9.17, 15) is 0 Å². The van der Waals surface area contributed by atoms with Crippen molar-refractivity contribution in [2.75, 3.05) is 7.11 Å². The molecule has 1 aromatic heterocycles. The monoisotopic (exact) mass is 612 g/mol. The van der Waals surface area contributed by atoms with Crippen molar-refractivity contribution >= 4 is 15.9 Å². The van der Waals surface area contributed by atoms with Crippen LogP contribution >= 0.6 is 15.9 Å². The third-order valence-electron chi connectivity index (χ3n) is 8.33. The lowest BCUT2D eigenvalue weighted by Crippen LogP contribution is -2.37. The summed E-state index contributed by atoms with van der Waals surface area (Å²) in [5.41, 5.74) is 8.57. The summed E-state index contributed by atoms with van der Waals surface area (Å²) in [6.45, 7) is 4.36. The zero-order valence-electron chi connectivity index (χ0n) is 24.0. The summed E-state index contributed by atoms with van der Waals surface area (Å²) in [4.78, 5) is 5.18. The van der Waals surface area contributed by atoms with E-state index in [0.29, 0.717) is 0 Å². The first-order chi connectivity index (χ1) is 20.6. The van der Waals surface area contributed by atoms with Gasteiger partial charge in [0.05, 0.1) is 29.5 Å². The van der Waals surface area contributed by atoms with Gasteiger partial charge in [-0.25, -0.2) is 4.98 Å². The van der Waals surface area contributed by atoms with Crippen LogP contribution in [0, 0.1) is 13.8 Å². The van der Waals surface area contributed by atoms with E-state index >= 15 is 0 Å². The van der Waals surface area contributed by atoms with Crippen molar-refractivity contribution in [1.29, 1.82) is 0 Å². The molecule has 1 heterocycles. The van der Waals surface area contributed by atoms with Gasteiger partial charge in [0.25, 0.3) is 0 Å². The average molecular weight is 614 g/mol. The van der Waals surface area contributed by atoms with E-state index < -0.39 is 5.54 Å². The number of ether oxygens (including phenoxy) is 1. The second-order valence-electron chi connectivity index (χ2n) is 10.6. The zero-order valence-corrected chi connectivity index (χ0v) is 25.6. The summed E-state index contributed by atoms with van der Waals surface area (Å²) in [5, 5.41) is 0. The third-order valence-corrected chi connectivity index (χ3v) is 8.95. The average Bonchev–Trinajstić information content (AvgIpc) is 3.51. The number of imidazole rings is 1. The van der Waals surface area contributed by atoms with E-state index in [0.717, 1.165) is 38.2 Å². The zero-order chi connectivity index (χ0) is 29.1. The fraction of sp³-hybridized carbons (Fsp3) is 0.132. The Kier molecular flexibility index (Phi) is 7.82. The molecule has 0 radical (unpaired) electrons. The lowest BCUT2D eigenvalue weighted by Gasteiger charge is -2.37. The normalized spacial score (nSPS) is 12.2. The van der Waals surface area contributed by atoms with Crippen LogP contribution in [0.5, 0.6) is 5.75 Å². The van der Waals surface area contributed by atoms with Gasteiger partial charge in [-0.2, -0.15) is 0 Å². The van der Waals surface area contributed by atoms with E-state index in [4.69, 9.17) is 9.72 Å². The molecule has 0 saturated heterocycles. The van der Waals surface area contributed by atoms with Crippen LogP contribution in [0.25, 0.3) is 0 Å². The molecule has 0 aliphatic carbocycles. The van der Waals surface area contributed by atoms with Crippen LogP contribution in [-0.2, 0) is 5.54 Å². The van der Waals surface area contributed by atoms with Crippen LogP contribution in [0.3, 0.4) is 0 Å². The lowest BCUT2D eigenvalue weighted by atomic mass is 9.76.